The molecule has 22 heavy (non-hydrogen) atoms. The Morgan fingerprint density at radius 2 is 1.36 bits per heavy atom. The molecule has 2 aromatic rings. The van der Waals surface area contributed by atoms with Crippen molar-refractivity contribution in [2.24, 2.45) is 0 Å². The molecule has 0 radical (unpaired) electrons. The fraction of sp³-hybridized carbons (Fsp3) is 0.429. The molecule has 116 valence electrons. The van der Waals surface area contributed by atoms with E-state index in [0.717, 1.165) is 0 Å². The van der Waals surface area contributed by atoms with Crippen molar-refractivity contribution in [3.8, 4) is 0 Å². The van der Waals surface area contributed by atoms with Crippen LogP contribution in [0.15, 0.2) is 60.7 Å². The van der Waals surface area contributed by atoms with E-state index in [1.807, 2.05) is 0 Å². The van der Waals surface area contributed by atoms with Gasteiger partial charge < -0.3 is 5.32 Å². The van der Waals surface area contributed by atoms with E-state index >= 15 is 0 Å². The maximum atomic E-state index is 3.81. The van der Waals surface area contributed by atoms with Crippen LogP contribution in [-0.4, -0.2) is 11.6 Å². The second-order valence-corrected chi connectivity index (χ2v) is 7.65. The molecule has 1 aliphatic carbocycles. The van der Waals surface area contributed by atoms with Gasteiger partial charge in [0.2, 0.25) is 0 Å². The van der Waals surface area contributed by atoms with Crippen LogP contribution in [0.3, 0.4) is 0 Å². The summed E-state index contributed by atoms with van der Waals surface area (Å²) in [5.41, 5.74) is 3.25. The van der Waals surface area contributed by atoms with Gasteiger partial charge in [0.05, 0.1) is 0 Å². The molecular weight excluding hydrogens is 266 g/mol. The summed E-state index contributed by atoms with van der Waals surface area (Å²) >= 11 is 0. The summed E-state index contributed by atoms with van der Waals surface area (Å²) in [6.07, 6.45) is 3.63. The van der Waals surface area contributed by atoms with Crippen LogP contribution >= 0.6 is 0 Å². The molecule has 1 fully saturated rings. The molecule has 0 unspecified atom stereocenters. The topological polar surface area (TPSA) is 12.0 Å². The van der Waals surface area contributed by atoms with Crippen LogP contribution in [0.25, 0.3) is 0 Å². The first-order valence-corrected chi connectivity index (χ1v) is 8.38. The predicted octanol–water partition coefficient (Wildman–Crippen LogP) is 4.91. The first kappa shape index (κ1) is 15.3. The third kappa shape index (κ3) is 3.10. The first-order chi connectivity index (χ1) is 10.5. The molecule has 2 aromatic carbocycles. The minimum absolute atomic E-state index is 0.158. The molecule has 0 aliphatic heterocycles. The van der Waals surface area contributed by atoms with Crippen LogP contribution < -0.4 is 5.32 Å². The van der Waals surface area contributed by atoms with Gasteiger partial charge in [-0.1, -0.05) is 60.7 Å². The second-order valence-electron chi connectivity index (χ2n) is 7.65. The Balaban J connectivity index is 1.97. The van der Waals surface area contributed by atoms with Gasteiger partial charge in [-0.15, -0.1) is 0 Å². The molecule has 1 N–H and O–H groups in total. The highest BCUT2D eigenvalue weighted by molar-refractivity contribution is 5.41. The monoisotopic (exact) mass is 293 g/mol. The van der Waals surface area contributed by atoms with Crippen LogP contribution in [0.5, 0.6) is 0 Å². The largest absolute Gasteiger partial charge is 0.309 e. The second kappa shape index (κ2) is 5.89. The van der Waals surface area contributed by atoms with Crippen molar-refractivity contribution in [1.29, 1.82) is 0 Å². The fourth-order valence-electron chi connectivity index (χ4n) is 3.99. The molecule has 3 rings (SSSR count). The smallest absolute Gasteiger partial charge is 0.0218 e. The standard InChI is InChI=1S/C21H27N/c1-20(2,3)22-19-14-15-21(16-19,17-10-6-4-7-11-17)18-12-8-5-9-13-18/h4-13,19,22H,14-16H2,1-3H3/t19-/m1/s1. The predicted molar refractivity (Wildman–Crippen MR) is 94.2 cm³/mol. The van der Waals surface area contributed by atoms with E-state index in [1.165, 1.54) is 30.4 Å². The molecule has 1 aliphatic rings. The lowest BCUT2D eigenvalue weighted by Crippen LogP contribution is -2.43. The normalized spacial score (nSPS) is 21.0. The van der Waals surface area contributed by atoms with E-state index in [-0.39, 0.29) is 11.0 Å². The Bertz CT molecular complexity index is 555. The maximum Gasteiger partial charge on any atom is 0.0218 e. The average Bonchev–Trinajstić information content (AvgIpc) is 2.92. The van der Waals surface area contributed by atoms with Crippen molar-refractivity contribution in [2.75, 3.05) is 0 Å². The lowest BCUT2D eigenvalue weighted by molar-refractivity contribution is 0.352. The Hall–Kier alpha value is -1.60. The zero-order valence-electron chi connectivity index (χ0n) is 14.0. The van der Waals surface area contributed by atoms with Crippen molar-refractivity contribution in [3.05, 3.63) is 71.8 Å². The number of benzene rings is 2. The zero-order valence-corrected chi connectivity index (χ0v) is 14.0. The Kier molecular flexibility index (Phi) is 4.10. The van der Waals surface area contributed by atoms with Gasteiger partial charge in [0.1, 0.15) is 0 Å². The third-order valence-electron chi connectivity index (χ3n) is 4.80. The molecule has 0 amide bonds. The van der Waals surface area contributed by atoms with Gasteiger partial charge in [-0.05, 0) is 51.2 Å². The summed E-state index contributed by atoms with van der Waals surface area (Å²) in [6.45, 7) is 6.79. The minimum Gasteiger partial charge on any atom is -0.309 e. The van der Waals surface area contributed by atoms with Crippen molar-refractivity contribution in [1.82, 2.24) is 5.32 Å². The van der Waals surface area contributed by atoms with Crippen LogP contribution in [0, 0.1) is 0 Å². The van der Waals surface area contributed by atoms with Crippen LogP contribution in [0.1, 0.15) is 51.2 Å². The fourth-order valence-corrected chi connectivity index (χ4v) is 3.99. The Morgan fingerprint density at radius 1 is 0.864 bits per heavy atom. The van der Waals surface area contributed by atoms with Crippen molar-refractivity contribution >= 4 is 0 Å². The third-order valence-corrected chi connectivity index (χ3v) is 4.80. The average molecular weight is 293 g/mol. The number of hydrogen-bond donors (Lipinski definition) is 1. The van der Waals surface area contributed by atoms with Gasteiger partial charge in [-0.25, -0.2) is 0 Å². The minimum atomic E-state index is 0.158. The molecule has 1 heteroatoms. The molecule has 0 heterocycles. The molecule has 1 nitrogen and oxygen atoms in total. The number of hydrogen-bond acceptors (Lipinski definition) is 1. The quantitative estimate of drug-likeness (QED) is 0.847. The lowest BCUT2D eigenvalue weighted by atomic mass is 9.73. The molecule has 1 atom stereocenters. The van der Waals surface area contributed by atoms with E-state index in [0.29, 0.717) is 6.04 Å². The first-order valence-electron chi connectivity index (χ1n) is 8.38. The molecule has 0 spiro atoms. The van der Waals surface area contributed by atoms with Crippen LogP contribution in [0.2, 0.25) is 0 Å². The number of nitrogens with one attached hydrogen (secondary N) is 1. The highest BCUT2D eigenvalue weighted by Gasteiger charge is 2.42. The Labute approximate surface area is 134 Å². The van der Waals surface area contributed by atoms with Crippen molar-refractivity contribution in [2.45, 2.75) is 57.0 Å². The van der Waals surface area contributed by atoms with Crippen molar-refractivity contribution in [3.63, 3.8) is 0 Å². The molecule has 1 saturated carbocycles. The summed E-state index contributed by atoms with van der Waals surface area (Å²) in [5, 5.41) is 3.81. The lowest BCUT2D eigenvalue weighted by Gasteiger charge is -2.32. The van der Waals surface area contributed by atoms with Gasteiger partial charge in [-0.3, -0.25) is 0 Å². The van der Waals surface area contributed by atoms with E-state index in [9.17, 15) is 0 Å². The highest BCUT2D eigenvalue weighted by Crippen LogP contribution is 2.46. The summed E-state index contributed by atoms with van der Waals surface area (Å²) in [4.78, 5) is 0. The van der Waals surface area contributed by atoms with Gasteiger partial charge in [0, 0.05) is 17.0 Å². The van der Waals surface area contributed by atoms with Crippen LogP contribution in [0.4, 0.5) is 0 Å². The highest BCUT2D eigenvalue weighted by atomic mass is 15.0. The van der Waals surface area contributed by atoms with Gasteiger partial charge in [0.15, 0.2) is 0 Å². The molecule has 0 saturated heterocycles. The van der Waals surface area contributed by atoms with Gasteiger partial charge in [0.25, 0.3) is 0 Å². The van der Waals surface area contributed by atoms with E-state index < -0.39 is 0 Å². The summed E-state index contributed by atoms with van der Waals surface area (Å²) < 4.78 is 0. The van der Waals surface area contributed by atoms with Gasteiger partial charge in [-0.2, -0.15) is 0 Å². The number of rotatable bonds is 3. The van der Waals surface area contributed by atoms with E-state index in [2.05, 4.69) is 86.8 Å². The van der Waals surface area contributed by atoms with E-state index in [1.54, 1.807) is 0 Å². The molecule has 0 bridgehead atoms. The maximum absolute atomic E-state index is 3.81. The Morgan fingerprint density at radius 3 is 1.82 bits per heavy atom. The summed E-state index contributed by atoms with van der Waals surface area (Å²) in [7, 11) is 0. The van der Waals surface area contributed by atoms with Crippen LogP contribution in [-0.2, 0) is 5.41 Å². The molecule has 0 aromatic heterocycles. The zero-order chi connectivity index (χ0) is 15.6. The molecular formula is C21H27N. The SMILES string of the molecule is CC(C)(C)N[C@@H]1CCC(c2ccccc2)(c2ccccc2)C1. The van der Waals surface area contributed by atoms with E-state index in [4.69, 9.17) is 0 Å². The summed E-state index contributed by atoms with van der Waals surface area (Å²) in [5.74, 6) is 0. The van der Waals surface area contributed by atoms with Gasteiger partial charge >= 0.3 is 0 Å². The van der Waals surface area contributed by atoms with Crippen molar-refractivity contribution < 1.29 is 0 Å². The summed E-state index contributed by atoms with van der Waals surface area (Å²) in [6, 6.07) is 22.7.